The molecule has 1 aliphatic rings. The molecule has 3 rings (SSSR count). The first-order valence-electron chi connectivity index (χ1n) is 12.3. The molecular weight excluding hydrogens is 485 g/mol. The summed E-state index contributed by atoms with van der Waals surface area (Å²) in [6.07, 6.45) is -0.587. The summed E-state index contributed by atoms with van der Waals surface area (Å²) in [7, 11) is 0. The maximum Gasteiger partial charge on any atom is 0.416 e. The van der Waals surface area contributed by atoms with E-state index < -0.39 is 17.8 Å². The Balaban J connectivity index is 1.79. The molecule has 1 atom stereocenters. The molecular formula is C27H35F3N4OS. The van der Waals surface area contributed by atoms with E-state index in [1.165, 1.54) is 24.1 Å². The number of hydrogen-bond acceptors (Lipinski definition) is 4. The van der Waals surface area contributed by atoms with Gasteiger partial charge in [0.2, 0.25) is 0 Å². The lowest BCUT2D eigenvalue weighted by atomic mass is 10.00. The third-order valence-corrected chi connectivity index (χ3v) is 7.03. The van der Waals surface area contributed by atoms with E-state index in [-0.39, 0.29) is 11.7 Å². The molecule has 1 unspecified atom stereocenters. The highest BCUT2D eigenvalue weighted by atomic mass is 32.2. The van der Waals surface area contributed by atoms with Gasteiger partial charge in [-0.1, -0.05) is 38.1 Å². The van der Waals surface area contributed by atoms with Gasteiger partial charge in [-0.15, -0.1) is 0 Å². The first-order chi connectivity index (χ1) is 17.2. The Bertz CT molecular complexity index is 1010. The monoisotopic (exact) mass is 520 g/mol. The molecule has 2 N–H and O–H groups in total. The standard InChI is InChI=1S/C27H35F3N4OS/c1-4-8-20(3)33-15-13-25(14-16-33)34(19-21-9-6-12-24(17-21)32-36-5-2)26(35)31-23-11-7-10-22(18-23)27(28,29)30/h5-7,9-12,17-18,20,25,32H,2,4,8,13-16,19H2,1,3H3,(H,31,35). The number of piperidine rings is 1. The number of benzene rings is 2. The van der Waals surface area contributed by atoms with Gasteiger partial charge in [-0.2, -0.15) is 13.2 Å². The first kappa shape index (κ1) is 27.9. The Morgan fingerprint density at radius 3 is 2.56 bits per heavy atom. The molecule has 0 aromatic heterocycles. The Morgan fingerprint density at radius 1 is 1.19 bits per heavy atom. The van der Waals surface area contributed by atoms with E-state index in [2.05, 4.69) is 35.4 Å². The quantitative estimate of drug-likeness (QED) is 0.317. The molecule has 36 heavy (non-hydrogen) atoms. The maximum atomic E-state index is 13.4. The van der Waals surface area contributed by atoms with E-state index in [0.717, 1.165) is 62.2 Å². The summed E-state index contributed by atoms with van der Waals surface area (Å²) >= 11 is 1.36. The van der Waals surface area contributed by atoms with Gasteiger partial charge in [-0.25, -0.2) is 4.79 Å². The second kappa shape index (κ2) is 13.1. The lowest BCUT2D eigenvalue weighted by Gasteiger charge is -2.40. The molecule has 9 heteroatoms. The van der Waals surface area contributed by atoms with Crippen molar-refractivity contribution in [3.8, 4) is 0 Å². The van der Waals surface area contributed by atoms with Crippen LogP contribution < -0.4 is 10.0 Å². The number of anilines is 2. The molecule has 1 aliphatic heterocycles. The minimum absolute atomic E-state index is 0.0139. The highest BCUT2D eigenvalue weighted by Crippen LogP contribution is 2.31. The van der Waals surface area contributed by atoms with Crippen molar-refractivity contribution in [2.45, 2.75) is 64.3 Å². The average Bonchev–Trinajstić information content (AvgIpc) is 2.86. The molecule has 196 valence electrons. The van der Waals surface area contributed by atoms with E-state index in [4.69, 9.17) is 0 Å². The van der Waals surface area contributed by atoms with Crippen LogP contribution in [0.25, 0.3) is 0 Å². The van der Waals surface area contributed by atoms with Gasteiger partial charge in [0.15, 0.2) is 0 Å². The van der Waals surface area contributed by atoms with Crippen LogP contribution in [0.2, 0.25) is 0 Å². The van der Waals surface area contributed by atoms with Crippen LogP contribution in [0.4, 0.5) is 29.3 Å². The summed E-state index contributed by atoms with van der Waals surface area (Å²) in [4.78, 5) is 17.7. The largest absolute Gasteiger partial charge is 0.416 e. The number of rotatable bonds is 10. The fourth-order valence-corrected chi connectivity index (χ4v) is 4.96. The predicted molar refractivity (Wildman–Crippen MR) is 143 cm³/mol. The van der Waals surface area contributed by atoms with Crippen molar-refractivity contribution in [2.75, 3.05) is 23.1 Å². The zero-order valence-electron chi connectivity index (χ0n) is 20.9. The minimum Gasteiger partial charge on any atom is -0.326 e. The first-order valence-corrected chi connectivity index (χ1v) is 13.2. The molecule has 0 radical (unpaired) electrons. The third kappa shape index (κ3) is 7.93. The molecule has 1 heterocycles. The average molecular weight is 521 g/mol. The highest BCUT2D eigenvalue weighted by molar-refractivity contribution is 8.03. The summed E-state index contributed by atoms with van der Waals surface area (Å²) in [6.45, 7) is 10.2. The molecule has 2 aromatic rings. The molecule has 0 saturated carbocycles. The number of alkyl halides is 3. The van der Waals surface area contributed by atoms with Gasteiger partial charge in [0.25, 0.3) is 0 Å². The van der Waals surface area contributed by atoms with Crippen LogP contribution in [0.1, 0.15) is 50.7 Å². The van der Waals surface area contributed by atoms with Crippen molar-refractivity contribution in [1.82, 2.24) is 9.80 Å². The smallest absolute Gasteiger partial charge is 0.326 e. The summed E-state index contributed by atoms with van der Waals surface area (Å²) in [6, 6.07) is 12.6. The normalized spacial score (nSPS) is 15.8. The van der Waals surface area contributed by atoms with E-state index >= 15 is 0 Å². The number of nitrogens with zero attached hydrogens (tertiary/aromatic N) is 2. The Hall–Kier alpha value is -2.65. The van der Waals surface area contributed by atoms with Gasteiger partial charge in [-0.05, 0) is 79.4 Å². The predicted octanol–water partition coefficient (Wildman–Crippen LogP) is 7.60. The van der Waals surface area contributed by atoms with Gasteiger partial charge in [0.05, 0.1) is 5.56 Å². The Morgan fingerprint density at radius 2 is 1.89 bits per heavy atom. The fraction of sp³-hybridized carbons (Fsp3) is 0.444. The fourth-order valence-electron chi connectivity index (χ4n) is 4.61. The zero-order chi connectivity index (χ0) is 26.1. The third-order valence-electron chi connectivity index (χ3n) is 6.51. The Kier molecular flexibility index (Phi) is 10.1. The topological polar surface area (TPSA) is 47.6 Å². The maximum absolute atomic E-state index is 13.4. The van der Waals surface area contributed by atoms with Gasteiger partial charge in [0.1, 0.15) is 0 Å². The number of hydrogen-bond donors (Lipinski definition) is 2. The van der Waals surface area contributed by atoms with Crippen LogP contribution in [-0.4, -0.2) is 41.0 Å². The number of halogens is 3. The summed E-state index contributed by atoms with van der Waals surface area (Å²) in [5, 5.41) is 4.40. The van der Waals surface area contributed by atoms with Gasteiger partial charge in [0, 0.05) is 43.1 Å². The summed E-state index contributed by atoms with van der Waals surface area (Å²) in [5.74, 6) is 0. The van der Waals surface area contributed by atoms with E-state index in [9.17, 15) is 18.0 Å². The van der Waals surface area contributed by atoms with Crippen molar-refractivity contribution in [1.29, 1.82) is 0 Å². The van der Waals surface area contributed by atoms with Crippen LogP contribution in [0.5, 0.6) is 0 Å². The molecule has 0 bridgehead atoms. The van der Waals surface area contributed by atoms with Gasteiger partial charge >= 0.3 is 12.2 Å². The van der Waals surface area contributed by atoms with Crippen LogP contribution in [-0.2, 0) is 12.7 Å². The summed E-state index contributed by atoms with van der Waals surface area (Å²) < 4.78 is 42.7. The van der Waals surface area contributed by atoms with Crippen LogP contribution >= 0.6 is 11.9 Å². The number of likely N-dealkylation sites (tertiary alicyclic amines) is 1. The molecule has 0 aliphatic carbocycles. The summed E-state index contributed by atoms with van der Waals surface area (Å²) in [5.41, 5.74) is 1.17. The molecule has 0 spiro atoms. The van der Waals surface area contributed by atoms with Crippen molar-refractivity contribution < 1.29 is 18.0 Å². The number of carbonyl (C=O) groups excluding carboxylic acids is 1. The van der Waals surface area contributed by atoms with E-state index in [1.54, 1.807) is 10.3 Å². The van der Waals surface area contributed by atoms with Crippen molar-refractivity contribution in [3.05, 3.63) is 71.6 Å². The second-order valence-electron chi connectivity index (χ2n) is 9.13. The van der Waals surface area contributed by atoms with E-state index in [1.807, 2.05) is 24.3 Å². The molecule has 1 fully saturated rings. The van der Waals surface area contributed by atoms with Crippen LogP contribution in [0.3, 0.4) is 0 Å². The number of nitrogens with one attached hydrogen (secondary N) is 2. The van der Waals surface area contributed by atoms with Crippen LogP contribution in [0.15, 0.2) is 60.5 Å². The second-order valence-corrected chi connectivity index (χ2v) is 9.90. The van der Waals surface area contributed by atoms with Crippen LogP contribution in [0, 0.1) is 0 Å². The zero-order valence-corrected chi connectivity index (χ0v) is 21.7. The van der Waals surface area contributed by atoms with Crippen molar-refractivity contribution >= 4 is 29.4 Å². The van der Waals surface area contributed by atoms with Gasteiger partial charge < -0.3 is 19.8 Å². The highest BCUT2D eigenvalue weighted by Gasteiger charge is 2.32. The molecule has 1 saturated heterocycles. The molecule has 2 aromatic carbocycles. The SMILES string of the molecule is C=CSNc1cccc(CN(C(=O)Nc2cccc(C(F)(F)F)c2)C2CCN(C(C)CCC)CC2)c1. The Labute approximate surface area is 216 Å². The molecule has 2 amide bonds. The number of urea groups is 1. The van der Waals surface area contributed by atoms with E-state index in [0.29, 0.717) is 12.6 Å². The minimum atomic E-state index is -4.47. The number of carbonyl (C=O) groups is 1. The molecule has 5 nitrogen and oxygen atoms in total. The van der Waals surface area contributed by atoms with Gasteiger partial charge in [-0.3, -0.25) is 0 Å². The van der Waals surface area contributed by atoms with Crippen molar-refractivity contribution in [3.63, 3.8) is 0 Å². The lowest BCUT2D eigenvalue weighted by molar-refractivity contribution is -0.137. The van der Waals surface area contributed by atoms with Crippen molar-refractivity contribution in [2.24, 2.45) is 0 Å². The number of amides is 2. The lowest BCUT2D eigenvalue weighted by Crippen LogP contribution is -2.50.